The van der Waals surface area contributed by atoms with Crippen LogP contribution in [0.1, 0.15) is 31.4 Å². The molecule has 1 aliphatic carbocycles. The summed E-state index contributed by atoms with van der Waals surface area (Å²) in [4.78, 5) is 9.72. The van der Waals surface area contributed by atoms with Crippen LogP contribution in [0, 0.1) is 5.92 Å². The lowest BCUT2D eigenvalue weighted by Crippen LogP contribution is -2.36. The number of rotatable bonds is 6. The molecule has 1 N–H and O–H groups in total. The van der Waals surface area contributed by atoms with Gasteiger partial charge in [0.15, 0.2) is 5.13 Å². The summed E-state index contributed by atoms with van der Waals surface area (Å²) in [5.74, 6) is 0.864. The second-order valence-electron chi connectivity index (χ2n) is 6.24. The molecular weight excluding hydrogens is 268 g/mol. The molecule has 0 unspecified atom stereocenters. The van der Waals surface area contributed by atoms with Crippen LogP contribution in [0.15, 0.2) is 5.38 Å². The lowest BCUT2D eigenvalue weighted by Gasteiger charge is -2.31. The van der Waals surface area contributed by atoms with Crippen LogP contribution in [0.3, 0.4) is 0 Å². The first-order chi connectivity index (χ1) is 9.76. The zero-order valence-corrected chi connectivity index (χ0v) is 13.5. The second-order valence-corrected chi connectivity index (χ2v) is 7.08. The number of aromatic nitrogens is 1. The van der Waals surface area contributed by atoms with Crippen LogP contribution >= 0.6 is 11.3 Å². The van der Waals surface area contributed by atoms with Crippen LogP contribution < -0.4 is 10.2 Å². The van der Waals surface area contributed by atoms with Crippen LogP contribution in [0.5, 0.6) is 0 Å². The fourth-order valence-electron chi connectivity index (χ4n) is 3.02. The molecule has 3 rings (SSSR count). The van der Waals surface area contributed by atoms with Crippen molar-refractivity contribution < 1.29 is 0 Å². The van der Waals surface area contributed by atoms with Crippen LogP contribution in [0.4, 0.5) is 5.13 Å². The molecule has 0 spiro atoms. The molecule has 112 valence electrons. The predicted molar refractivity (Wildman–Crippen MR) is 85.5 cm³/mol. The maximum atomic E-state index is 4.81. The molecule has 1 saturated heterocycles. The molecule has 0 radical (unpaired) electrons. The van der Waals surface area contributed by atoms with Crippen molar-refractivity contribution in [3.63, 3.8) is 0 Å². The normalized spacial score (nSPS) is 21.3. The number of hydrogen-bond donors (Lipinski definition) is 1. The average molecular weight is 294 g/mol. The van der Waals surface area contributed by atoms with Crippen LogP contribution in [-0.2, 0) is 6.54 Å². The lowest BCUT2D eigenvalue weighted by atomic mass is 9.97. The van der Waals surface area contributed by atoms with Gasteiger partial charge in [0.05, 0.1) is 5.69 Å². The van der Waals surface area contributed by atoms with Crippen molar-refractivity contribution in [1.82, 2.24) is 15.2 Å². The molecule has 1 saturated carbocycles. The Morgan fingerprint density at radius 2 is 2.10 bits per heavy atom. The molecule has 1 aliphatic heterocycles. The minimum atomic E-state index is 0.756. The van der Waals surface area contributed by atoms with Crippen molar-refractivity contribution in [2.24, 2.45) is 5.92 Å². The number of thiazole rings is 1. The Morgan fingerprint density at radius 3 is 2.75 bits per heavy atom. The summed E-state index contributed by atoms with van der Waals surface area (Å²) < 4.78 is 0. The van der Waals surface area contributed by atoms with E-state index in [1.807, 2.05) is 0 Å². The summed E-state index contributed by atoms with van der Waals surface area (Å²) in [7, 11) is 4.24. The molecule has 5 heteroatoms. The van der Waals surface area contributed by atoms with E-state index in [-0.39, 0.29) is 0 Å². The van der Waals surface area contributed by atoms with Crippen LogP contribution in [0.25, 0.3) is 0 Å². The van der Waals surface area contributed by atoms with Crippen molar-refractivity contribution in [1.29, 1.82) is 0 Å². The highest BCUT2D eigenvalue weighted by atomic mass is 32.1. The summed E-state index contributed by atoms with van der Waals surface area (Å²) >= 11 is 1.80. The Kier molecular flexibility index (Phi) is 4.58. The summed E-state index contributed by atoms with van der Waals surface area (Å²) in [6.45, 7) is 4.64. The number of nitrogens with zero attached hydrogens (tertiary/aromatic N) is 3. The summed E-state index contributed by atoms with van der Waals surface area (Å²) in [6.07, 6.45) is 5.31. The van der Waals surface area contributed by atoms with Gasteiger partial charge in [0.25, 0.3) is 0 Å². The molecule has 2 aliphatic rings. The minimum absolute atomic E-state index is 0.756. The molecule has 0 atom stereocenters. The second kappa shape index (κ2) is 6.41. The maximum absolute atomic E-state index is 4.81. The van der Waals surface area contributed by atoms with E-state index in [1.165, 1.54) is 56.1 Å². The molecule has 0 bridgehead atoms. The zero-order chi connectivity index (χ0) is 13.9. The number of likely N-dealkylation sites (tertiary alicyclic amines) is 1. The molecule has 2 heterocycles. The van der Waals surface area contributed by atoms with Gasteiger partial charge < -0.3 is 10.2 Å². The molecule has 20 heavy (non-hydrogen) atoms. The monoisotopic (exact) mass is 294 g/mol. The van der Waals surface area contributed by atoms with Crippen molar-refractivity contribution in [3.8, 4) is 0 Å². The van der Waals surface area contributed by atoms with E-state index in [0.717, 1.165) is 18.5 Å². The van der Waals surface area contributed by atoms with Gasteiger partial charge in [-0.25, -0.2) is 4.98 Å². The Balaban J connectivity index is 1.48. The van der Waals surface area contributed by atoms with E-state index in [4.69, 9.17) is 4.98 Å². The van der Waals surface area contributed by atoms with Gasteiger partial charge in [0.1, 0.15) is 0 Å². The molecule has 1 aromatic heterocycles. The van der Waals surface area contributed by atoms with Gasteiger partial charge in [-0.3, -0.25) is 4.90 Å². The van der Waals surface area contributed by atoms with Gasteiger partial charge in [-0.05, 0) is 58.3 Å². The zero-order valence-electron chi connectivity index (χ0n) is 12.6. The number of nitrogens with one attached hydrogen (secondary N) is 1. The van der Waals surface area contributed by atoms with E-state index in [9.17, 15) is 0 Å². The van der Waals surface area contributed by atoms with Gasteiger partial charge in [-0.2, -0.15) is 0 Å². The Morgan fingerprint density at radius 1 is 1.35 bits per heavy atom. The maximum Gasteiger partial charge on any atom is 0.185 e. The first-order valence-electron chi connectivity index (χ1n) is 7.80. The van der Waals surface area contributed by atoms with Gasteiger partial charge in [-0.15, -0.1) is 11.3 Å². The molecule has 2 fully saturated rings. The molecule has 4 nitrogen and oxygen atoms in total. The quantitative estimate of drug-likeness (QED) is 0.871. The Hall–Kier alpha value is -0.650. The van der Waals surface area contributed by atoms with E-state index in [1.54, 1.807) is 11.3 Å². The topological polar surface area (TPSA) is 31.4 Å². The van der Waals surface area contributed by atoms with Crippen molar-refractivity contribution in [2.75, 3.05) is 38.6 Å². The van der Waals surface area contributed by atoms with E-state index < -0.39 is 0 Å². The van der Waals surface area contributed by atoms with Crippen molar-refractivity contribution in [3.05, 3.63) is 11.1 Å². The highest BCUT2D eigenvalue weighted by Crippen LogP contribution is 2.32. The third kappa shape index (κ3) is 3.51. The van der Waals surface area contributed by atoms with E-state index in [0.29, 0.717) is 0 Å². The largest absolute Gasteiger partial charge is 0.348 e. The molecule has 0 aromatic carbocycles. The van der Waals surface area contributed by atoms with Crippen LogP contribution in [0.2, 0.25) is 0 Å². The predicted octanol–water partition coefficient (Wildman–Crippen LogP) is 2.17. The number of anilines is 1. The lowest BCUT2D eigenvalue weighted by molar-refractivity contribution is 0.175. The Labute approximate surface area is 126 Å². The highest BCUT2D eigenvalue weighted by molar-refractivity contribution is 7.13. The van der Waals surface area contributed by atoms with Gasteiger partial charge in [0, 0.05) is 25.0 Å². The van der Waals surface area contributed by atoms with Gasteiger partial charge >= 0.3 is 0 Å². The van der Waals surface area contributed by atoms with Crippen molar-refractivity contribution >= 4 is 16.5 Å². The fraction of sp³-hybridized carbons (Fsp3) is 0.800. The molecule has 1 aromatic rings. The summed E-state index contributed by atoms with van der Waals surface area (Å²) in [5, 5.41) is 6.74. The SMILES string of the molecule is CNCC1CCN(Cc2csc(N(C)C3CC3)n2)CC1. The third-order valence-electron chi connectivity index (χ3n) is 4.52. The standard InChI is InChI=1S/C15H26N4S/c1-16-9-12-5-7-19(8-6-12)10-13-11-20-15(17-13)18(2)14-3-4-14/h11-12,14,16H,3-10H2,1-2H3. The minimum Gasteiger partial charge on any atom is -0.348 e. The highest BCUT2D eigenvalue weighted by Gasteiger charge is 2.28. The first-order valence-corrected chi connectivity index (χ1v) is 8.68. The van der Waals surface area contributed by atoms with E-state index in [2.05, 4.69) is 34.6 Å². The molecular formula is C15H26N4S. The van der Waals surface area contributed by atoms with E-state index >= 15 is 0 Å². The van der Waals surface area contributed by atoms with Crippen LogP contribution in [-0.4, -0.2) is 49.7 Å². The summed E-state index contributed by atoms with van der Waals surface area (Å²) in [6, 6.07) is 0.756. The Bertz CT molecular complexity index is 421. The summed E-state index contributed by atoms with van der Waals surface area (Å²) in [5.41, 5.74) is 1.25. The van der Waals surface area contributed by atoms with Gasteiger partial charge in [0.2, 0.25) is 0 Å². The van der Waals surface area contributed by atoms with Crippen molar-refractivity contribution in [2.45, 2.75) is 38.3 Å². The smallest absolute Gasteiger partial charge is 0.185 e. The van der Waals surface area contributed by atoms with Gasteiger partial charge in [-0.1, -0.05) is 0 Å². The fourth-order valence-corrected chi connectivity index (χ4v) is 3.87. The first kappa shape index (κ1) is 14.3. The number of hydrogen-bond acceptors (Lipinski definition) is 5. The average Bonchev–Trinajstić information content (AvgIpc) is 3.21. The molecule has 0 amide bonds. The number of piperidine rings is 1. The third-order valence-corrected chi connectivity index (χ3v) is 5.50.